The van der Waals surface area contributed by atoms with Gasteiger partial charge >= 0.3 is 0 Å². The minimum Gasteiger partial charge on any atom is -0.338 e. The Kier molecular flexibility index (Phi) is 5.44. The molecule has 0 aromatic carbocycles. The molecule has 0 bridgehead atoms. The minimum absolute atomic E-state index is 0.102. The number of amides is 1. The van der Waals surface area contributed by atoms with Crippen LogP contribution in [0.15, 0.2) is 49.3 Å². The number of piperidine rings is 1. The van der Waals surface area contributed by atoms with Crippen LogP contribution >= 0.6 is 11.6 Å². The van der Waals surface area contributed by atoms with Gasteiger partial charge in [0.05, 0.1) is 16.3 Å². The molecule has 4 heterocycles. The van der Waals surface area contributed by atoms with Crippen LogP contribution in [0.25, 0.3) is 11.4 Å². The molecular weight excluding hydrogens is 395 g/mol. The zero-order valence-corrected chi connectivity index (χ0v) is 16.3. The highest BCUT2D eigenvalue weighted by Crippen LogP contribution is 2.31. The molecule has 3 aromatic rings. The third-order valence-electron chi connectivity index (χ3n) is 4.96. The van der Waals surface area contributed by atoms with Crippen LogP contribution in [0.2, 0.25) is 5.02 Å². The van der Waals surface area contributed by atoms with Gasteiger partial charge in [-0.1, -0.05) is 11.6 Å². The molecule has 0 unspecified atom stereocenters. The topological polar surface area (TPSA) is 84.8 Å². The fourth-order valence-corrected chi connectivity index (χ4v) is 3.48. The van der Waals surface area contributed by atoms with E-state index in [4.69, 9.17) is 11.6 Å². The Morgan fingerprint density at radius 2 is 1.86 bits per heavy atom. The summed E-state index contributed by atoms with van der Waals surface area (Å²) in [6.07, 6.45) is 8.08. The van der Waals surface area contributed by atoms with Gasteiger partial charge in [-0.2, -0.15) is 0 Å². The number of nitrogens with zero attached hydrogens (tertiary/aromatic N) is 6. The van der Waals surface area contributed by atoms with Crippen LogP contribution < -0.4 is 0 Å². The Labute approximate surface area is 172 Å². The van der Waals surface area contributed by atoms with E-state index in [1.54, 1.807) is 35.5 Å². The van der Waals surface area contributed by atoms with Gasteiger partial charge in [0.25, 0.3) is 5.91 Å². The van der Waals surface area contributed by atoms with Gasteiger partial charge in [0.2, 0.25) is 0 Å². The van der Waals surface area contributed by atoms with E-state index in [0.29, 0.717) is 40.9 Å². The Hall–Kier alpha value is -3.00. The zero-order chi connectivity index (χ0) is 20.3. The number of halogens is 2. The largest absolute Gasteiger partial charge is 0.338 e. The molecular formula is C20H18ClFN6O. The third kappa shape index (κ3) is 4.37. The number of aromatic nitrogens is 5. The number of pyridine rings is 1. The molecule has 1 fully saturated rings. The molecule has 0 aliphatic carbocycles. The van der Waals surface area contributed by atoms with Gasteiger partial charge in [0, 0.05) is 44.3 Å². The first-order valence-corrected chi connectivity index (χ1v) is 9.58. The van der Waals surface area contributed by atoms with Gasteiger partial charge in [0.15, 0.2) is 0 Å². The number of alkyl halides is 1. The van der Waals surface area contributed by atoms with Crippen molar-refractivity contribution >= 4 is 17.5 Å². The first-order chi connectivity index (χ1) is 14.0. The van der Waals surface area contributed by atoms with Crippen molar-refractivity contribution in [2.45, 2.75) is 24.9 Å². The lowest BCUT2D eigenvalue weighted by molar-refractivity contribution is 0.0430. The maximum atomic E-state index is 15.3. The number of likely N-dealkylation sites (tertiary alicyclic amines) is 1. The van der Waals surface area contributed by atoms with Gasteiger partial charge in [-0.25, -0.2) is 24.3 Å². The van der Waals surface area contributed by atoms with E-state index in [0.717, 1.165) is 0 Å². The summed E-state index contributed by atoms with van der Waals surface area (Å²) in [4.78, 5) is 35.3. The average molecular weight is 413 g/mol. The fraction of sp³-hybridized carbons (Fsp3) is 0.300. The van der Waals surface area contributed by atoms with E-state index >= 15 is 4.39 Å². The molecule has 0 N–H and O–H groups in total. The SMILES string of the molecule is O=C(c1cccnc1-c1ccncn1)N1CCC(F)(Cc2ncc(Cl)cn2)CC1. The molecule has 0 atom stereocenters. The highest BCUT2D eigenvalue weighted by molar-refractivity contribution is 6.30. The molecule has 1 aliphatic rings. The number of carbonyl (C=O) groups is 1. The van der Waals surface area contributed by atoms with Crippen molar-refractivity contribution < 1.29 is 9.18 Å². The van der Waals surface area contributed by atoms with Crippen LogP contribution in [0, 0.1) is 0 Å². The van der Waals surface area contributed by atoms with E-state index < -0.39 is 5.67 Å². The Morgan fingerprint density at radius 1 is 1.10 bits per heavy atom. The molecule has 9 heteroatoms. The lowest BCUT2D eigenvalue weighted by Gasteiger charge is -2.36. The van der Waals surface area contributed by atoms with E-state index in [-0.39, 0.29) is 25.2 Å². The van der Waals surface area contributed by atoms with Crippen molar-refractivity contribution in [2.24, 2.45) is 0 Å². The van der Waals surface area contributed by atoms with Gasteiger partial charge < -0.3 is 4.90 Å². The second kappa shape index (κ2) is 8.16. The monoisotopic (exact) mass is 412 g/mol. The first kappa shape index (κ1) is 19.3. The summed E-state index contributed by atoms with van der Waals surface area (Å²) in [6, 6.07) is 5.12. The predicted octanol–water partition coefficient (Wildman–Crippen LogP) is 3.17. The molecule has 29 heavy (non-hydrogen) atoms. The predicted molar refractivity (Wildman–Crippen MR) is 105 cm³/mol. The standard InChI is InChI=1S/C20H18ClFN6O/c21-14-11-25-17(26-12-14)10-20(22)4-8-28(9-5-20)19(29)15-2-1-6-24-18(15)16-3-7-23-13-27-16/h1-3,6-7,11-13H,4-5,8-10H2. The van der Waals surface area contributed by atoms with Crippen molar-refractivity contribution in [1.82, 2.24) is 29.8 Å². The van der Waals surface area contributed by atoms with Crippen molar-refractivity contribution in [2.75, 3.05) is 13.1 Å². The molecule has 148 valence electrons. The molecule has 1 amide bonds. The van der Waals surface area contributed by atoms with Crippen molar-refractivity contribution in [1.29, 1.82) is 0 Å². The van der Waals surface area contributed by atoms with Gasteiger partial charge in [-0.15, -0.1) is 0 Å². The number of rotatable bonds is 4. The van der Waals surface area contributed by atoms with Gasteiger partial charge in [-0.3, -0.25) is 9.78 Å². The molecule has 4 rings (SSSR count). The maximum absolute atomic E-state index is 15.3. The summed E-state index contributed by atoms with van der Waals surface area (Å²) < 4.78 is 15.3. The van der Waals surface area contributed by atoms with Crippen LogP contribution in [0.4, 0.5) is 4.39 Å². The molecule has 0 saturated carbocycles. The maximum Gasteiger partial charge on any atom is 0.256 e. The molecule has 0 spiro atoms. The van der Waals surface area contributed by atoms with Crippen LogP contribution in [0.3, 0.4) is 0 Å². The number of hydrogen-bond donors (Lipinski definition) is 0. The summed E-state index contributed by atoms with van der Waals surface area (Å²) in [7, 11) is 0. The summed E-state index contributed by atoms with van der Waals surface area (Å²) in [5, 5.41) is 0.415. The minimum atomic E-state index is -1.45. The fourth-order valence-electron chi connectivity index (χ4n) is 3.38. The summed E-state index contributed by atoms with van der Waals surface area (Å²) >= 11 is 5.78. The van der Waals surface area contributed by atoms with Crippen LogP contribution in [0.1, 0.15) is 29.0 Å². The Balaban J connectivity index is 1.47. The second-order valence-corrected chi connectivity index (χ2v) is 7.37. The zero-order valence-electron chi connectivity index (χ0n) is 15.5. The highest BCUT2D eigenvalue weighted by atomic mass is 35.5. The van der Waals surface area contributed by atoms with Gasteiger partial charge in [-0.05, 0) is 31.0 Å². The second-order valence-electron chi connectivity index (χ2n) is 6.93. The summed E-state index contributed by atoms with van der Waals surface area (Å²) in [6.45, 7) is 0.613. The Bertz CT molecular complexity index is 993. The smallest absolute Gasteiger partial charge is 0.256 e. The van der Waals surface area contributed by atoms with Crippen molar-refractivity contribution in [3.63, 3.8) is 0 Å². The molecule has 1 aliphatic heterocycles. The summed E-state index contributed by atoms with van der Waals surface area (Å²) in [5.41, 5.74) is 0.0560. The van der Waals surface area contributed by atoms with Gasteiger partial charge in [0.1, 0.15) is 23.5 Å². The number of carbonyl (C=O) groups excluding carboxylic acids is 1. The van der Waals surface area contributed by atoms with E-state index in [1.165, 1.54) is 18.7 Å². The van der Waals surface area contributed by atoms with Crippen LogP contribution in [0.5, 0.6) is 0 Å². The molecule has 7 nitrogen and oxygen atoms in total. The van der Waals surface area contributed by atoms with Crippen LogP contribution in [-0.2, 0) is 6.42 Å². The molecule has 3 aromatic heterocycles. The highest BCUT2D eigenvalue weighted by Gasteiger charge is 2.37. The first-order valence-electron chi connectivity index (χ1n) is 9.20. The number of hydrogen-bond acceptors (Lipinski definition) is 6. The quantitative estimate of drug-likeness (QED) is 0.654. The van der Waals surface area contributed by atoms with E-state index in [1.807, 2.05) is 0 Å². The lowest BCUT2D eigenvalue weighted by atomic mass is 9.89. The Morgan fingerprint density at radius 3 is 2.55 bits per heavy atom. The normalized spacial score (nSPS) is 15.9. The van der Waals surface area contributed by atoms with Crippen molar-refractivity contribution in [3.05, 3.63) is 65.7 Å². The molecule has 0 radical (unpaired) electrons. The van der Waals surface area contributed by atoms with E-state index in [9.17, 15) is 4.79 Å². The summed E-state index contributed by atoms with van der Waals surface area (Å²) in [5.74, 6) is 0.228. The average Bonchev–Trinajstić information content (AvgIpc) is 2.76. The lowest BCUT2D eigenvalue weighted by Crippen LogP contribution is -2.45. The third-order valence-corrected chi connectivity index (χ3v) is 5.15. The van der Waals surface area contributed by atoms with E-state index in [2.05, 4.69) is 24.9 Å². The molecule has 1 saturated heterocycles. The van der Waals surface area contributed by atoms with Crippen molar-refractivity contribution in [3.8, 4) is 11.4 Å². The van der Waals surface area contributed by atoms with Crippen LogP contribution in [-0.4, -0.2) is 54.5 Å².